The Hall–Kier alpha value is -1.29. The Morgan fingerprint density at radius 3 is 1.34 bits per heavy atom. The summed E-state index contributed by atoms with van der Waals surface area (Å²) in [6.45, 7) is 4.74. The fourth-order valence-electron chi connectivity index (χ4n) is 3.85. The smallest absolute Gasteiger partial charge is 0.0525 e. The second-order valence-corrected chi connectivity index (χ2v) is 9.92. The van der Waals surface area contributed by atoms with Gasteiger partial charge in [-0.15, -0.1) is 0 Å². The Bertz CT molecular complexity index is 616. The summed E-state index contributed by atoms with van der Waals surface area (Å²) >= 11 is 2.04. The fourth-order valence-corrected chi connectivity index (χ4v) is 4.87. The van der Waals surface area contributed by atoms with E-state index in [9.17, 15) is 10.2 Å². The molecule has 0 heterocycles. The largest absolute Gasteiger partial charge is 0.395 e. The van der Waals surface area contributed by atoms with Crippen molar-refractivity contribution in [1.82, 2.24) is 0 Å². The minimum absolute atomic E-state index is 0.127. The van der Waals surface area contributed by atoms with Crippen molar-refractivity contribution in [2.24, 2.45) is 0 Å². The zero-order valence-corrected chi connectivity index (χ0v) is 19.0. The molecule has 0 saturated carbocycles. The molecule has 2 aromatic rings. The van der Waals surface area contributed by atoms with Crippen molar-refractivity contribution in [3.05, 3.63) is 71.8 Å². The third kappa shape index (κ3) is 7.47. The van der Waals surface area contributed by atoms with Gasteiger partial charge < -0.3 is 10.2 Å². The number of hydrogen-bond donors (Lipinski definition) is 2. The Morgan fingerprint density at radius 1 is 0.621 bits per heavy atom. The molecule has 0 bridgehead atoms. The monoisotopic (exact) mass is 414 g/mol. The summed E-state index contributed by atoms with van der Waals surface area (Å²) in [5.41, 5.74) is 2.22. The highest BCUT2D eigenvalue weighted by Crippen LogP contribution is 2.30. The maximum atomic E-state index is 9.88. The van der Waals surface area contributed by atoms with E-state index in [0.29, 0.717) is 0 Å². The van der Waals surface area contributed by atoms with E-state index in [-0.39, 0.29) is 24.0 Å². The predicted octanol–water partition coefficient (Wildman–Crippen LogP) is 5.96. The van der Waals surface area contributed by atoms with Gasteiger partial charge in [-0.2, -0.15) is 11.8 Å². The Labute approximate surface area is 181 Å². The summed E-state index contributed by atoms with van der Waals surface area (Å²) in [6, 6.07) is 20.8. The molecule has 2 rings (SSSR count). The van der Waals surface area contributed by atoms with E-state index >= 15 is 0 Å². The van der Waals surface area contributed by atoms with E-state index in [1.165, 1.54) is 35.5 Å². The summed E-state index contributed by atoms with van der Waals surface area (Å²) in [5, 5.41) is 19.8. The van der Waals surface area contributed by atoms with Crippen molar-refractivity contribution < 1.29 is 10.2 Å². The lowest BCUT2D eigenvalue weighted by atomic mass is 9.79. The standard InChI is InChI=1S/C26H38O2S/c1-25(21-27,23-13-5-3-6-14-23)17-9-11-19-29-20-12-10-18-26(2,22-28)24-15-7-4-8-16-24/h3-8,13-16,27-28H,9-12,17-22H2,1-2H3. The fraction of sp³-hybridized carbons (Fsp3) is 0.538. The molecule has 2 N–H and O–H groups in total. The molecule has 0 radical (unpaired) electrons. The van der Waals surface area contributed by atoms with Gasteiger partial charge >= 0.3 is 0 Å². The van der Waals surface area contributed by atoms with E-state index in [4.69, 9.17) is 0 Å². The van der Waals surface area contributed by atoms with E-state index in [1.54, 1.807) is 0 Å². The third-order valence-electron chi connectivity index (χ3n) is 6.17. The van der Waals surface area contributed by atoms with E-state index in [2.05, 4.69) is 62.4 Å². The minimum atomic E-state index is -0.127. The van der Waals surface area contributed by atoms with Crippen LogP contribution in [0.1, 0.15) is 63.5 Å². The summed E-state index contributed by atoms with van der Waals surface area (Å²) in [5.74, 6) is 2.37. The molecule has 2 atom stereocenters. The van der Waals surface area contributed by atoms with Crippen LogP contribution < -0.4 is 0 Å². The minimum Gasteiger partial charge on any atom is -0.395 e. The summed E-state index contributed by atoms with van der Waals surface area (Å²) < 4.78 is 0. The molecule has 29 heavy (non-hydrogen) atoms. The summed E-state index contributed by atoms with van der Waals surface area (Å²) in [6.07, 6.45) is 6.75. The van der Waals surface area contributed by atoms with Crippen LogP contribution in [0.4, 0.5) is 0 Å². The number of hydrogen-bond acceptors (Lipinski definition) is 3. The molecule has 2 aromatic carbocycles. The van der Waals surface area contributed by atoms with Gasteiger partial charge in [0.2, 0.25) is 0 Å². The maximum absolute atomic E-state index is 9.88. The van der Waals surface area contributed by atoms with E-state index in [0.717, 1.165) is 25.7 Å². The van der Waals surface area contributed by atoms with Gasteiger partial charge in [-0.25, -0.2) is 0 Å². The SMILES string of the molecule is CC(CO)(CCCCSCCCCC(C)(CO)c1ccccc1)c1ccccc1. The van der Waals surface area contributed by atoms with Crippen molar-refractivity contribution in [2.75, 3.05) is 24.7 Å². The van der Waals surface area contributed by atoms with Crippen LogP contribution in [0.15, 0.2) is 60.7 Å². The molecule has 3 heteroatoms. The molecule has 0 saturated heterocycles. The average molecular weight is 415 g/mol. The molecule has 2 unspecified atom stereocenters. The number of benzene rings is 2. The molecule has 0 fully saturated rings. The van der Waals surface area contributed by atoms with E-state index in [1.807, 2.05) is 23.9 Å². The molecule has 2 nitrogen and oxygen atoms in total. The Kier molecular flexibility index (Phi) is 10.3. The van der Waals surface area contributed by atoms with Crippen molar-refractivity contribution >= 4 is 11.8 Å². The first kappa shape index (κ1) is 24.0. The average Bonchev–Trinajstić information content (AvgIpc) is 2.78. The van der Waals surface area contributed by atoms with Crippen LogP contribution in [-0.4, -0.2) is 34.9 Å². The number of thioether (sulfide) groups is 1. The van der Waals surface area contributed by atoms with Gasteiger partial charge in [-0.05, 0) is 48.3 Å². The predicted molar refractivity (Wildman–Crippen MR) is 127 cm³/mol. The lowest BCUT2D eigenvalue weighted by Crippen LogP contribution is -2.26. The first-order valence-corrected chi connectivity index (χ1v) is 12.1. The van der Waals surface area contributed by atoms with Crippen LogP contribution in [0.3, 0.4) is 0 Å². The molecule has 0 aliphatic rings. The lowest BCUT2D eigenvalue weighted by Gasteiger charge is -2.28. The van der Waals surface area contributed by atoms with Gasteiger partial charge in [0.1, 0.15) is 0 Å². The summed E-state index contributed by atoms with van der Waals surface area (Å²) in [7, 11) is 0. The van der Waals surface area contributed by atoms with Crippen LogP contribution in [-0.2, 0) is 10.8 Å². The van der Waals surface area contributed by atoms with Gasteiger partial charge in [0.15, 0.2) is 0 Å². The number of aliphatic hydroxyl groups is 2. The molecular formula is C26H38O2S. The maximum Gasteiger partial charge on any atom is 0.0525 e. The first-order chi connectivity index (χ1) is 14.0. The zero-order chi connectivity index (χ0) is 21.0. The van der Waals surface area contributed by atoms with Crippen LogP contribution in [0.5, 0.6) is 0 Å². The van der Waals surface area contributed by atoms with Crippen molar-refractivity contribution in [2.45, 2.75) is 63.2 Å². The van der Waals surface area contributed by atoms with Gasteiger partial charge in [-0.1, -0.05) is 87.4 Å². The third-order valence-corrected chi connectivity index (χ3v) is 7.33. The highest BCUT2D eigenvalue weighted by atomic mass is 32.2. The van der Waals surface area contributed by atoms with Crippen LogP contribution >= 0.6 is 11.8 Å². The highest BCUT2D eigenvalue weighted by molar-refractivity contribution is 7.99. The Morgan fingerprint density at radius 2 is 1.00 bits per heavy atom. The molecular weight excluding hydrogens is 376 g/mol. The number of unbranched alkanes of at least 4 members (excludes halogenated alkanes) is 2. The zero-order valence-electron chi connectivity index (χ0n) is 18.1. The van der Waals surface area contributed by atoms with Crippen molar-refractivity contribution in [1.29, 1.82) is 0 Å². The van der Waals surface area contributed by atoms with Gasteiger partial charge in [0, 0.05) is 10.8 Å². The molecule has 160 valence electrons. The topological polar surface area (TPSA) is 40.5 Å². The van der Waals surface area contributed by atoms with Crippen LogP contribution in [0.25, 0.3) is 0 Å². The molecule has 0 amide bonds. The lowest BCUT2D eigenvalue weighted by molar-refractivity contribution is 0.194. The van der Waals surface area contributed by atoms with Crippen LogP contribution in [0.2, 0.25) is 0 Å². The molecule has 0 aliphatic carbocycles. The number of aliphatic hydroxyl groups excluding tert-OH is 2. The normalized spacial score (nSPS) is 15.6. The summed E-state index contributed by atoms with van der Waals surface area (Å²) in [4.78, 5) is 0. The molecule has 0 aromatic heterocycles. The molecule has 0 spiro atoms. The quantitative estimate of drug-likeness (QED) is 0.375. The van der Waals surface area contributed by atoms with E-state index < -0.39 is 0 Å². The second-order valence-electron chi connectivity index (χ2n) is 8.70. The van der Waals surface area contributed by atoms with Gasteiger partial charge in [-0.3, -0.25) is 0 Å². The highest BCUT2D eigenvalue weighted by Gasteiger charge is 2.25. The second kappa shape index (κ2) is 12.4. The van der Waals surface area contributed by atoms with Crippen molar-refractivity contribution in [3.63, 3.8) is 0 Å². The van der Waals surface area contributed by atoms with Gasteiger partial charge in [0.05, 0.1) is 13.2 Å². The Balaban J connectivity index is 1.59. The van der Waals surface area contributed by atoms with Crippen LogP contribution in [0, 0.1) is 0 Å². The number of rotatable bonds is 14. The first-order valence-electron chi connectivity index (χ1n) is 10.9. The molecule has 0 aliphatic heterocycles. The van der Waals surface area contributed by atoms with Crippen molar-refractivity contribution in [3.8, 4) is 0 Å². The van der Waals surface area contributed by atoms with Gasteiger partial charge in [0.25, 0.3) is 0 Å².